The van der Waals surface area contributed by atoms with Gasteiger partial charge in [-0.25, -0.2) is 4.79 Å². The van der Waals surface area contributed by atoms with Gasteiger partial charge in [-0.2, -0.15) is 0 Å². The Balaban J connectivity index is 1.39. The monoisotopic (exact) mass is 656 g/mol. The summed E-state index contributed by atoms with van der Waals surface area (Å²) >= 11 is 0. The fourth-order valence-electron chi connectivity index (χ4n) is 12.2. The highest BCUT2D eigenvalue weighted by Gasteiger charge is 2.92. The quantitative estimate of drug-likeness (QED) is 0.252. The molecule has 6 aliphatic rings. The SMILES string of the molecule is CC[C@H](C)C(=O)O[C@H]1[C@@H]2C[C@@H]3[C@H]1[C@](O)(C[C@@H]2OC)[C@@]1(O)[C@H](OC)[C@@H]2[C@@]4(COC(=O)c5ccccc5N)CC[C@H](OC)[C@@]32[C@@H]1N(CC)C4. The van der Waals surface area contributed by atoms with Crippen molar-refractivity contribution < 1.29 is 43.5 Å². The van der Waals surface area contributed by atoms with Crippen molar-refractivity contribution in [3.8, 4) is 0 Å². The first-order valence-electron chi connectivity index (χ1n) is 17.4. The molecule has 1 spiro atoms. The van der Waals surface area contributed by atoms with Gasteiger partial charge in [0.2, 0.25) is 0 Å². The first kappa shape index (κ1) is 33.2. The molecule has 1 aromatic carbocycles. The van der Waals surface area contributed by atoms with Crippen LogP contribution in [0.25, 0.3) is 0 Å². The van der Waals surface area contributed by atoms with E-state index in [9.17, 15) is 19.8 Å². The van der Waals surface area contributed by atoms with E-state index in [1.807, 2.05) is 13.8 Å². The van der Waals surface area contributed by atoms with E-state index in [2.05, 4.69) is 11.8 Å². The molecule has 14 atom stereocenters. The number of methoxy groups -OCH3 is 3. The number of carbonyl (C=O) groups is 2. The van der Waals surface area contributed by atoms with Gasteiger partial charge in [0, 0.05) is 68.6 Å². The summed E-state index contributed by atoms with van der Waals surface area (Å²) in [6.07, 6.45) is 0.731. The number of anilines is 1. The van der Waals surface area contributed by atoms with Gasteiger partial charge >= 0.3 is 11.9 Å². The molecule has 260 valence electrons. The summed E-state index contributed by atoms with van der Waals surface area (Å²) in [5.74, 6) is -2.27. The number of benzene rings is 1. The topological polar surface area (TPSA) is 150 Å². The van der Waals surface area contributed by atoms with Crippen LogP contribution in [-0.2, 0) is 28.5 Å². The van der Waals surface area contributed by atoms with Gasteiger partial charge in [0.25, 0.3) is 0 Å². The molecule has 1 heterocycles. The third-order valence-electron chi connectivity index (χ3n) is 14.0. The molecule has 7 bridgehead atoms. The highest BCUT2D eigenvalue weighted by molar-refractivity contribution is 5.95. The summed E-state index contributed by atoms with van der Waals surface area (Å²) < 4.78 is 31.5. The maximum atomic E-state index is 13.5. The lowest BCUT2D eigenvalue weighted by atomic mass is 9.42. The van der Waals surface area contributed by atoms with Crippen LogP contribution in [0.1, 0.15) is 63.2 Å². The molecule has 0 amide bonds. The molecular formula is C36H52N2O9. The van der Waals surface area contributed by atoms with Crippen LogP contribution in [-0.4, -0.2) is 110 Å². The van der Waals surface area contributed by atoms with Crippen LogP contribution in [0, 0.1) is 40.4 Å². The van der Waals surface area contributed by atoms with Crippen LogP contribution in [0.3, 0.4) is 0 Å². The third kappa shape index (κ3) is 4.01. The Labute approximate surface area is 277 Å². The van der Waals surface area contributed by atoms with Gasteiger partial charge in [0.1, 0.15) is 17.3 Å². The van der Waals surface area contributed by atoms with Crippen molar-refractivity contribution in [1.82, 2.24) is 4.90 Å². The number of hydrogen-bond acceptors (Lipinski definition) is 11. The second-order valence-corrected chi connectivity index (χ2v) is 15.4. The number of ether oxygens (including phenoxy) is 5. The predicted molar refractivity (Wildman–Crippen MR) is 171 cm³/mol. The Morgan fingerprint density at radius 3 is 2.49 bits per heavy atom. The number of likely N-dealkylation sites (N-methyl/N-ethyl adjacent to an activating group) is 1. The summed E-state index contributed by atoms with van der Waals surface area (Å²) in [4.78, 5) is 29.2. The number of hydrogen-bond donors (Lipinski definition) is 3. The average Bonchev–Trinajstić information content (AvgIpc) is 3.46. The molecular weight excluding hydrogens is 604 g/mol. The van der Waals surface area contributed by atoms with Crippen molar-refractivity contribution in [1.29, 1.82) is 0 Å². The lowest BCUT2D eigenvalue weighted by molar-refractivity contribution is -0.319. The smallest absolute Gasteiger partial charge is 0.340 e. The van der Waals surface area contributed by atoms with E-state index >= 15 is 0 Å². The summed E-state index contributed by atoms with van der Waals surface area (Å²) in [5.41, 5.74) is 2.08. The summed E-state index contributed by atoms with van der Waals surface area (Å²) in [5, 5.41) is 26.8. The first-order valence-corrected chi connectivity index (χ1v) is 17.4. The minimum atomic E-state index is -1.76. The minimum absolute atomic E-state index is 0.106. The second-order valence-electron chi connectivity index (χ2n) is 15.4. The molecule has 11 nitrogen and oxygen atoms in total. The van der Waals surface area contributed by atoms with Crippen LogP contribution in [0.5, 0.6) is 0 Å². The summed E-state index contributed by atoms with van der Waals surface area (Å²) in [6, 6.07) is 6.39. The third-order valence-corrected chi connectivity index (χ3v) is 14.0. The Morgan fingerprint density at radius 1 is 1.11 bits per heavy atom. The molecule has 47 heavy (non-hydrogen) atoms. The van der Waals surface area contributed by atoms with Crippen molar-refractivity contribution in [2.45, 2.75) is 94.5 Å². The van der Waals surface area contributed by atoms with E-state index < -0.39 is 58.3 Å². The molecule has 6 fully saturated rings. The Bertz CT molecular complexity index is 1410. The lowest BCUT2D eigenvalue weighted by Crippen LogP contribution is -2.82. The Morgan fingerprint density at radius 2 is 1.85 bits per heavy atom. The number of carbonyl (C=O) groups excluding carboxylic acids is 2. The largest absolute Gasteiger partial charge is 0.461 e. The normalized spacial score (nSPS) is 46.6. The van der Waals surface area contributed by atoms with E-state index in [4.69, 9.17) is 29.4 Å². The van der Waals surface area contributed by atoms with Gasteiger partial charge in [-0.3, -0.25) is 9.69 Å². The number of fused-ring (bicyclic) bond motifs is 2. The van der Waals surface area contributed by atoms with Crippen molar-refractivity contribution in [2.75, 3.05) is 46.8 Å². The number of rotatable bonds is 10. The van der Waals surface area contributed by atoms with Crippen molar-refractivity contribution in [2.24, 2.45) is 40.4 Å². The molecule has 5 saturated carbocycles. The van der Waals surface area contributed by atoms with E-state index in [0.717, 1.165) is 0 Å². The van der Waals surface area contributed by atoms with Crippen LogP contribution in [0.2, 0.25) is 0 Å². The summed E-state index contributed by atoms with van der Waals surface area (Å²) in [7, 11) is 4.97. The highest BCUT2D eigenvalue weighted by Crippen LogP contribution is 2.80. The van der Waals surface area contributed by atoms with Gasteiger partial charge in [0.05, 0.1) is 42.4 Å². The van der Waals surface area contributed by atoms with Gasteiger partial charge in [-0.1, -0.05) is 32.9 Å². The standard InChI is InChI=1S/C36H52N2O9/c1-7-19(3)30(39)47-27-21-15-22-26(27)34(41,16-24(21)43-4)36(42)29(45-6)28-33(18-46-31(40)20-11-9-10-12-23(20)37)14-13-25(44-5)35(22,28)32(36)38(8-2)17-33/h9-12,19,21-22,24-29,32,41-42H,7-8,13-18,37H2,1-6H3/t19-,21+,22+,24-,25-,26+,27-,28+,29+,32-,33-,34+,35-,36+/m0/s1. The zero-order chi connectivity index (χ0) is 33.7. The Hall–Kier alpha value is -2.28. The number of para-hydroxylation sites is 1. The number of nitrogens with two attached hydrogens (primary N) is 1. The first-order chi connectivity index (χ1) is 22.4. The fourth-order valence-corrected chi connectivity index (χ4v) is 12.2. The zero-order valence-corrected chi connectivity index (χ0v) is 28.5. The fraction of sp³-hybridized carbons (Fsp3) is 0.778. The van der Waals surface area contributed by atoms with Gasteiger partial charge in [0.15, 0.2) is 0 Å². The second kappa shape index (κ2) is 11.4. The maximum absolute atomic E-state index is 13.5. The number of likely N-dealkylation sites (tertiary alicyclic amines) is 1. The average molecular weight is 657 g/mol. The number of esters is 2. The van der Waals surface area contributed by atoms with Crippen molar-refractivity contribution >= 4 is 17.6 Å². The van der Waals surface area contributed by atoms with E-state index in [0.29, 0.717) is 50.0 Å². The molecule has 1 aromatic rings. The summed E-state index contributed by atoms with van der Waals surface area (Å²) in [6.45, 7) is 7.16. The van der Waals surface area contributed by atoms with E-state index in [1.54, 1.807) is 45.6 Å². The minimum Gasteiger partial charge on any atom is -0.461 e. The molecule has 5 aliphatic carbocycles. The van der Waals surface area contributed by atoms with Crippen LogP contribution < -0.4 is 5.73 Å². The number of nitrogen functional groups attached to an aromatic ring is 1. The molecule has 1 aliphatic heterocycles. The molecule has 0 radical (unpaired) electrons. The molecule has 11 heteroatoms. The number of piperidine rings is 1. The van der Waals surface area contributed by atoms with Crippen LogP contribution >= 0.6 is 0 Å². The zero-order valence-electron chi connectivity index (χ0n) is 28.5. The van der Waals surface area contributed by atoms with Crippen molar-refractivity contribution in [3.63, 3.8) is 0 Å². The van der Waals surface area contributed by atoms with E-state index in [-0.39, 0.29) is 48.8 Å². The molecule has 7 rings (SSSR count). The number of nitrogens with zero attached hydrogens (tertiary/aromatic N) is 1. The molecule has 0 unspecified atom stereocenters. The van der Waals surface area contributed by atoms with E-state index in [1.165, 1.54) is 0 Å². The van der Waals surface area contributed by atoms with Crippen LogP contribution in [0.4, 0.5) is 5.69 Å². The highest BCUT2D eigenvalue weighted by atomic mass is 16.6. The molecule has 4 N–H and O–H groups in total. The predicted octanol–water partition coefficient (Wildman–Crippen LogP) is 2.66. The van der Waals surface area contributed by atoms with Gasteiger partial charge < -0.3 is 39.6 Å². The van der Waals surface area contributed by atoms with Gasteiger partial charge in [-0.15, -0.1) is 0 Å². The maximum Gasteiger partial charge on any atom is 0.340 e. The van der Waals surface area contributed by atoms with Crippen LogP contribution in [0.15, 0.2) is 24.3 Å². The van der Waals surface area contributed by atoms with Gasteiger partial charge in [-0.05, 0) is 50.3 Å². The van der Waals surface area contributed by atoms with Crippen molar-refractivity contribution in [3.05, 3.63) is 29.8 Å². The number of aliphatic hydroxyl groups is 2. The molecule has 0 aromatic heterocycles. The molecule has 1 saturated heterocycles. The lowest BCUT2D eigenvalue weighted by Gasteiger charge is -2.70. The Kier molecular flexibility index (Phi) is 8.05.